The molecule has 0 amide bonds. The minimum Gasteiger partial charge on any atom is -0.388 e. The third-order valence-corrected chi connectivity index (χ3v) is 2.80. The summed E-state index contributed by atoms with van der Waals surface area (Å²) in [5.41, 5.74) is 5.33. The molecule has 1 fully saturated rings. The Hall–Kier alpha value is -0.570. The van der Waals surface area contributed by atoms with E-state index in [1.54, 1.807) is 0 Å². The van der Waals surface area contributed by atoms with Crippen LogP contribution in [0.5, 0.6) is 0 Å². The molecule has 0 spiro atoms. The molecule has 3 nitrogen and oxygen atoms in total. The van der Waals surface area contributed by atoms with Gasteiger partial charge < -0.3 is 10.6 Å². The summed E-state index contributed by atoms with van der Waals surface area (Å²) < 4.78 is 0. The Balaban J connectivity index is 2.11. The maximum Gasteiger partial charge on any atom is 0.0905 e. The van der Waals surface area contributed by atoms with Gasteiger partial charge in [-0.3, -0.25) is 5.41 Å². The SMILES string of the molecule is CC(C)CN(CCCCC(=N)N)C1CC1. The maximum absolute atomic E-state index is 7.15. The molecule has 1 aliphatic carbocycles. The monoisotopic (exact) mass is 211 g/mol. The van der Waals surface area contributed by atoms with Crippen LogP contribution in [0.2, 0.25) is 0 Å². The summed E-state index contributed by atoms with van der Waals surface area (Å²) in [7, 11) is 0. The molecule has 0 radical (unpaired) electrons. The second-order valence-electron chi connectivity index (χ2n) is 5.10. The van der Waals surface area contributed by atoms with Gasteiger partial charge in [-0.05, 0) is 38.1 Å². The van der Waals surface area contributed by atoms with Gasteiger partial charge in [0.1, 0.15) is 0 Å². The molecule has 0 saturated heterocycles. The molecule has 15 heavy (non-hydrogen) atoms. The number of hydrogen-bond donors (Lipinski definition) is 2. The Morgan fingerprint density at radius 1 is 1.40 bits per heavy atom. The first-order chi connectivity index (χ1) is 7.09. The summed E-state index contributed by atoms with van der Waals surface area (Å²) in [4.78, 5) is 2.62. The Morgan fingerprint density at radius 3 is 2.53 bits per heavy atom. The minimum atomic E-state index is 0.330. The summed E-state index contributed by atoms with van der Waals surface area (Å²) in [5, 5.41) is 7.15. The summed E-state index contributed by atoms with van der Waals surface area (Å²) in [6, 6.07) is 0.865. The van der Waals surface area contributed by atoms with E-state index in [0.717, 1.165) is 24.8 Å². The van der Waals surface area contributed by atoms with Crippen LogP contribution in [0, 0.1) is 11.3 Å². The van der Waals surface area contributed by atoms with Crippen LogP contribution in [0.4, 0.5) is 0 Å². The largest absolute Gasteiger partial charge is 0.388 e. The third-order valence-electron chi connectivity index (χ3n) is 2.80. The highest BCUT2D eigenvalue weighted by molar-refractivity contribution is 5.76. The van der Waals surface area contributed by atoms with Crippen molar-refractivity contribution in [3.05, 3.63) is 0 Å². The standard InChI is InChI=1S/C12H25N3/c1-10(2)9-15(11-6-7-11)8-4-3-5-12(13)14/h10-11H,3-9H2,1-2H3,(H3,13,14). The van der Waals surface area contributed by atoms with E-state index < -0.39 is 0 Å². The molecule has 3 N–H and O–H groups in total. The maximum atomic E-state index is 7.15. The number of amidine groups is 1. The summed E-state index contributed by atoms with van der Waals surface area (Å²) >= 11 is 0. The molecule has 0 heterocycles. The Kier molecular flexibility index (Phi) is 5.09. The molecular weight excluding hydrogens is 186 g/mol. The lowest BCUT2D eigenvalue weighted by Gasteiger charge is -2.23. The van der Waals surface area contributed by atoms with E-state index in [-0.39, 0.29) is 0 Å². The van der Waals surface area contributed by atoms with E-state index in [4.69, 9.17) is 11.1 Å². The first-order valence-corrected chi connectivity index (χ1v) is 6.16. The molecule has 0 unspecified atom stereocenters. The normalized spacial score (nSPS) is 16.3. The van der Waals surface area contributed by atoms with E-state index >= 15 is 0 Å². The molecule has 0 aromatic rings. The number of nitrogens with two attached hydrogens (primary N) is 1. The van der Waals surface area contributed by atoms with Crippen molar-refractivity contribution in [1.82, 2.24) is 4.90 Å². The number of hydrogen-bond acceptors (Lipinski definition) is 2. The molecule has 88 valence electrons. The average Bonchev–Trinajstić information content (AvgIpc) is 2.92. The predicted molar refractivity (Wildman–Crippen MR) is 65.2 cm³/mol. The molecule has 0 aromatic carbocycles. The van der Waals surface area contributed by atoms with Gasteiger partial charge in [-0.1, -0.05) is 13.8 Å². The van der Waals surface area contributed by atoms with Gasteiger partial charge in [0.25, 0.3) is 0 Å². The second-order valence-corrected chi connectivity index (χ2v) is 5.10. The summed E-state index contributed by atoms with van der Waals surface area (Å²) in [6.45, 7) is 6.98. The second kappa shape index (κ2) is 6.11. The number of unbranched alkanes of at least 4 members (excludes halogenated alkanes) is 1. The van der Waals surface area contributed by atoms with Crippen molar-refractivity contribution in [2.75, 3.05) is 13.1 Å². The molecule has 1 aliphatic rings. The lowest BCUT2D eigenvalue weighted by Crippen LogP contribution is -2.31. The number of nitrogens with zero attached hydrogens (tertiary/aromatic N) is 1. The van der Waals surface area contributed by atoms with E-state index in [1.807, 2.05) is 0 Å². The van der Waals surface area contributed by atoms with Crippen LogP contribution in [-0.2, 0) is 0 Å². The van der Waals surface area contributed by atoms with Gasteiger partial charge >= 0.3 is 0 Å². The average molecular weight is 211 g/mol. The lowest BCUT2D eigenvalue weighted by atomic mass is 10.1. The first kappa shape index (κ1) is 12.5. The Morgan fingerprint density at radius 2 is 2.07 bits per heavy atom. The van der Waals surface area contributed by atoms with Gasteiger partial charge in [0, 0.05) is 19.0 Å². The van der Waals surface area contributed by atoms with Crippen molar-refractivity contribution in [2.24, 2.45) is 11.7 Å². The van der Waals surface area contributed by atoms with Crippen LogP contribution in [0.15, 0.2) is 0 Å². The molecular formula is C12H25N3. The van der Waals surface area contributed by atoms with Gasteiger partial charge in [0.05, 0.1) is 5.84 Å². The van der Waals surface area contributed by atoms with Crippen molar-refractivity contribution < 1.29 is 0 Å². The van der Waals surface area contributed by atoms with Crippen LogP contribution in [0.3, 0.4) is 0 Å². The fourth-order valence-electron chi connectivity index (χ4n) is 1.96. The van der Waals surface area contributed by atoms with Gasteiger partial charge in [0.2, 0.25) is 0 Å². The molecule has 3 heteroatoms. The van der Waals surface area contributed by atoms with Crippen LogP contribution >= 0.6 is 0 Å². The van der Waals surface area contributed by atoms with E-state index in [1.165, 1.54) is 32.4 Å². The Bertz CT molecular complexity index is 197. The van der Waals surface area contributed by atoms with Gasteiger partial charge in [-0.2, -0.15) is 0 Å². The Labute approximate surface area is 93.5 Å². The fraction of sp³-hybridized carbons (Fsp3) is 0.917. The molecule has 1 rings (SSSR count). The van der Waals surface area contributed by atoms with Crippen molar-refractivity contribution in [3.8, 4) is 0 Å². The molecule has 0 aromatic heterocycles. The van der Waals surface area contributed by atoms with Crippen LogP contribution in [-0.4, -0.2) is 29.9 Å². The summed E-state index contributed by atoms with van der Waals surface area (Å²) in [5.74, 6) is 1.09. The zero-order valence-electron chi connectivity index (χ0n) is 10.1. The van der Waals surface area contributed by atoms with E-state index in [2.05, 4.69) is 18.7 Å². The topological polar surface area (TPSA) is 53.1 Å². The molecule has 0 atom stereocenters. The lowest BCUT2D eigenvalue weighted by molar-refractivity contribution is 0.230. The highest BCUT2D eigenvalue weighted by Gasteiger charge is 2.28. The molecule has 1 saturated carbocycles. The highest BCUT2D eigenvalue weighted by Crippen LogP contribution is 2.27. The first-order valence-electron chi connectivity index (χ1n) is 6.16. The highest BCUT2D eigenvalue weighted by atomic mass is 15.2. The number of rotatable bonds is 8. The van der Waals surface area contributed by atoms with Crippen LogP contribution in [0.1, 0.15) is 46.0 Å². The van der Waals surface area contributed by atoms with E-state index in [9.17, 15) is 0 Å². The van der Waals surface area contributed by atoms with E-state index in [0.29, 0.717) is 5.84 Å². The van der Waals surface area contributed by atoms with Crippen LogP contribution in [0.25, 0.3) is 0 Å². The molecule has 0 bridgehead atoms. The van der Waals surface area contributed by atoms with Crippen molar-refractivity contribution >= 4 is 5.84 Å². The molecule has 0 aliphatic heterocycles. The fourth-order valence-corrected chi connectivity index (χ4v) is 1.96. The third kappa shape index (κ3) is 5.78. The van der Waals surface area contributed by atoms with Gasteiger partial charge in [0.15, 0.2) is 0 Å². The zero-order valence-corrected chi connectivity index (χ0v) is 10.1. The number of nitrogens with one attached hydrogen (secondary N) is 1. The van der Waals surface area contributed by atoms with Crippen molar-refractivity contribution in [3.63, 3.8) is 0 Å². The van der Waals surface area contributed by atoms with Crippen molar-refractivity contribution in [1.29, 1.82) is 5.41 Å². The zero-order chi connectivity index (χ0) is 11.3. The summed E-state index contributed by atoms with van der Waals surface area (Å²) in [6.07, 6.45) is 5.79. The van der Waals surface area contributed by atoms with Gasteiger partial charge in [-0.15, -0.1) is 0 Å². The van der Waals surface area contributed by atoms with Gasteiger partial charge in [-0.25, -0.2) is 0 Å². The van der Waals surface area contributed by atoms with Crippen LogP contribution < -0.4 is 5.73 Å². The quantitative estimate of drug-likeness (QED) is 0.367. The predicted octanol–water partition coefficient (Wildman–Crippen LogP) is 2.21. The smallest absolute Gasteiger partial charge is 0.0905 e. The minimum absolute atomic E-state index is 0.330. The van der Waals surface area contributed by atoms with Crippen molar-refractivity contribution in [2.45, 2.75) is 52.0 Å².